The van der Waals surface area contributed by atoms with Crippen LogP contribution in [0.5, 0.6) is 0 Å². The Morgan fingerprint density at radius 2 is 2.18 bits per heavy atom. The van der Waals surface area contributed by atoms with E-state index in [0.717, 1.165) is 0 Å². The third-order valence-corrected chi connectivity index (χ3v) is 1.12. The average molecular weight is 156 g/mol. The van der Waals surface area contributed by atoms with Crippen molar-refractivity contribution in [3.63, 3.8) is 0 Å². The fraction of sp³-hybridized carbons (Fsp3) is 0.375. The smallest absolute Gasteiger partial charge is 0.151 e. The number of hydrogen-bond acceptors (Lipinski definition) is 3. The van der Waals surface area contributed by atoms with Crippen LogP contribution in [0.3, 0.4) is 0 Å². The third-order valence-electron chi connectivity index (χ3n) is 1.12. The Hall–Kier alpha value is -0.930. The second kappa shape index (κ2) is 5.82. The normalized spacial score (nSPS) is 15.0. The highest BCUT2D eigenvalue weighted by atomic mass is 16.5. The predicted octanol–water partition coefficient (Wildman–Crippen LogP) is 0.303. The van der Waals surface area contributed by atoms with E-state index in [9.17, 15) is 4.79 Å². The van der Waals surface area contributed by atoms with E-state index in [-0.39, 0.29) is 6.61 Å². The summed E-state index contributed by atoms with van der Waals surface area (Å²) in [4.78, 5) is 10.2. The Labute approximate surface area is 66.0 Å². The highest BCUT2D eigenvalue weighted by Gasteiger charge is 2.14. The quantitative estimate of drug-likeness (QED) is 0.444. The maximum Gasteiger partial charge on any atom is 0.151 e. The first kappa shape index (κ1) is 10.1. The van der Waals surface area contributed by atoms with Crippen LogP contribution in [0.25, 0.3) is 0 Å². The molecule has 0 heterocycles. The molecule has 0 spiro atoms. The Morgan fingerprint density at radius 1 is 1.55 bits per heavy atom. The minimum atomic E-state index is -0.938. The van der Waals surface area contributed by atoms with Crippen molar-refractivity contribution in [2.45, 2.75) is 12.2 Å². The summed E-state index contributed by atoms with van der Waals surface area (Å²) in [6.45, 7) is 6.97. The highest BCUT2D eigenvalue weighted by Crippen LogP contribution is 1.97. The zero-order valence-electron chi connectivity index (χ0n) is 6.27. The monoisotopic (exact) mass is 156 g/mol. The molecular weight excluding hydrogens is 144 g/mol. The summed E-state index contributed by atoms with van der Waals surface area (Å²) in [5, 5.41) is 9.04. The van der Waals surface area contributed by atoms with Gasteiger partial charge in [0.1, 0.15) is 12.2 Å². The molecule has 0 aliphatic carbocycles. The van der Waals surface area contributed by atoms with Crippen LogP contribution in [-0.4, -0.2) is 30.2 Å². The molecule has 62 valence electrons. The summed E-state index contributed by atoms with van der Waals surface area (Å²) >= 11 is 0. The average Bonchev–Trinajstić information content (AvgIpc) is 2.05. The van der Waals surface area contributed by atoms with Crippen LogP contribution in [-0.2, 0) is 9.53 Å². The molecule has 1 N–H and O–H groups in total. The summed E-state index contributed by atoms with van der Waals surface area (Å²) < 4.78 is 4.89. The summed E-state index contributed by atoms with van der Waals surface area (Å²) in [6.07, 6.45) is 1.53. The first-order valence-corrected chi connectivity index (χ1v) is 3.24. The van der Waals surface area contributed by atoms with Gasteiger partial charge >= 0.3 is 0 Å². The molecule has 0 rings (SSSR count). The van der Waals surface area contributed by atoms with Gasteiger partial charge in [0.25, 0.3) is 0 Å². The predicted molar refractivity (Wildman–Crippen MR) is 42.2 cm³/mol. The number of aldehydes is 1. The van der Waals surface area contributed by atoms with Gasteiger partial charge in [-0.15, -0.1) is 13.2 Å². The van der Waals surface area contributed by atoms with Crippen molar-refractivity contribution < 1.29 is 14.6 Å². The lowest BCUT2D eigenvalue weighted by Gasteiger charge is -2.13. The highest BCUT2D eigenvalue weighted by molar-refractivity contribution is 5.57. The number of carbonyl (C=O) groups excluding carboxylic acids is 1. The molecule has 0 amide bonds. The Morgan fingerprint density at radius 3 is 2.55 bits per heavy atom. The standard InChI is InChI=1S/C8H12O3/c1-3-5-11-8(6-9)7(10)4-2/h3-4,6-8,10H,1-2,5H2/t7-,8+/m1/s1. The van der Waals surface area contributed by atoms with E-state index in [1.165, 1.54) is 12.2 Å². The molecule has 0 aliphatic heterocycles. The summed E-state index contributed by atoms with van der Waals surface area (Å²) in [5.74, 6) is 0. The maximum atomic E-state index is 10.2. The van der Waals surface area contributed by atoms with E-state index in [0.29, 0.717) is 6.29 Å². The van der Waals surface area contributed by atoms with Crippen LogP contribution in [0.2, 0.25) is 0 Å². The van der Waals surface area contributed by atoms with Crippen molar-refractivity contribution in [2.75, 3.05) is 6.61 Å². The molecule has 0 aromatic carbocycles. The topological polar surface area (TPSA) is 46.5 Å². The third kappa shape index (κ3) is 3.70. The van der Waals surface area contributed by atoms with Gasteiger partial charge in [-0.25, -0.2) is 0 Å². The van der Waals surface area contributed by atoms with Crippen LogP contribution in [0.1, 0.15) is 0 Å². The lowest BCUT2D eigenvalue weighted by Crippen LogP contribution is -2.28. The number of hydrogen-bond donors (Lipinski definition) is 1. The summed E-state index contributed by atoms with van der Waals surface area (Å²) in [7, 11) is 0. The Bertz CT molecular complexity index is 142. The molecule has 3 heteroatoms. The number of carbonyl (C=O) groups is 1. The zero-order chi connectivity index (χ0) is 8.69. The first-order chi connectivity index (χ1) is 5.26. The molecule has 0 saturated heterocycles. The number of rotatable bonds is 6. The van der Waals surface area contributed by atoms with Gasteiger partial charge in [0.05, 0.1) is 6.61 Å². The Balaban J connectivity index is 3.82. The van der Waals surface area contributed by atoms with E-state index < -0.39 is 12.2 Å². The van der Waals surface area contributed by atoms with Crippen molar-refractivity contribution in [3.05, 3.63) is 25.3 Å². The SMILES string of the molecule is C=CCO[C@@H](C=O)[C@H](O)C=C. The molecule has 0 unspecified atom stereocenters. The van der Waals surface area contributed by atoms with E-state index in [1.807, 2.05) is 0 Å². The van der Waals surface area contributed by atoms with Gasteiger partial charge in [-0.05, 0) is 0 Å². The van der Waals surface area contributed by atoms with E-state index in [1.54, 1.807) is 0 Å². The largest absolute Gasteiger partial charge is 0.386 e. The molecular formula is C8H12O3. The van der Waals surface area contributed by atoms with Crippen molar-refractivity contribution in [1.29, 1.82) is 0 Å². The second-order valence-electron chi connectivity index (χ2n) is 1.95. The fourth-order valence-electron chi connectivity index (χ4n) is 0.532. The molecule has 11 heavy (non-hydrogen) atoms. The molecule has 0 aromatic rings. The number of ether oxygens (including phenoxy) is 1. The molecule has 2 atom stereocenters. The lowest BCUT2D eigenvalue weighted by atomic mass is 10.2. The van der Waals surface area contributed by atoms with Crippen LogP contribution in [0.4, 0.5) is 0 Å². The molecule has 0 radical (unpaired) electrons. The van der Waals surface area contributed by atoms with Crippen molar-refractivity contribution in [2.24, 2.45) is 0 Å². The molecule has 0 fully saturated rings. The molecule has 0 bridgehead atoms. The lowest BCUT2D eigenvalue weighted by molar-refractivity contribution is -0.122. The van der Waals surface area contributed by atoms with E-state index in [2.05, 4.69) is 13.2 Å². The maximum absolute atomic E-state index is 10.2. The molecule has 3 nitrogen and oxygen atoms in total. The molecule has 0 saturated carbocycles. The van der Waals surface area contributed by atoms with Gasteiger partial charge in [-0.3, -0.25) is 0 Å². The zero-order valence-corrected chi connectivity index (χ0v) is 6.27. The van der Waals surface area contributed by atoms with Gasteiger partial charge in [0, 0.05) is 0 Å². The van der Waals surface area contributed by atoms with Crippen LogP contribution < -0.4 is 0 Å². The summed E-state index contributed by atoms with van der Waals surface area (Å²) in [5.41, 5.74) is 0. The van der Waals surface area contributed by atoms with Gasteiger partial charge in [0.2, 0.25) is 0 Å². The van der Waals surface area contributed by atoms with Crippen molar-refractivity contribution in [3.8, 4) is 0 Å². The van der Waals surface area contributed by atoms with Crippen LogP contribution in [0.15, 0.2) is 25.3 Å². The molecule has 0 aliphatic rings. The number of aliphatic hydroxyl groups excluding tert-OH is 1. The van der Waals surface area contributed by atoms with Crippen LogP contribution >= 0.6 is 0 Å². The van der Waals surface area contributed by atoms with Crippen molar-refractivity contribution >= 4 is 6.29 Å². The first-order valence-electron chi connectivity index (χ1n) is 3.24. The van der Waals surface area contributed by atoms with Gasteiger partial charge < -0.3 is 14.6 Å². The fourth-order valence-corrected chi connectivity index (χ4v) is 0.532. The molecule has 0 aromatic heterocycles. The minimum Gasteiger partial charge on any atom is -0.386 e. The van der Waals surface area contributed by atoms with Gasteiger partial charge in [0.15, 0.2) is 6.29 Å². The van der Waals surface area contributed by atoms with E-state index in [4.69, 9.17) is 9.84 Å². The summed E-state index contributed by atoms with van der Waals surface area (Å²) in [6, 6.07) is 0. The minimum absolute atomic E-state index is 0.244. The van der Waals surface area contributed by atoms with Crippen LogP contribution in [0, 0.1) is 0 Å². The second-order valence-corrected chi connectivity index (χ2v) is 1.95. The van der Waals surface area contributed by atoms with Gasteiger partial charge in [-0.2, -0.15) is 0 Å². The van der Waals surface area contributed by atoms with E-state index >= 15 is 0 Å². The number of aliphatic hydroxyl groups is 1. The van der Waals surface area contributed by atoms with Crippen molar-refractivity contribution in [1.82, 2.24) is 0 Å². The van der Waals surface area contributed by atoms with Gasteiger partial charge in [-0.1, -0.05) is 12.2 Å². The Kier molecular flexibility index (Phi) is 5.33.